The van der Waals surface area contributed by atoms with E-state index in [1.54, 1.807) is 32.7 Å². The molecule has 1 saturated heterocycles. The maximum absolute atomic E-state index is 12.6. The van der Waals surface area contributed by atoms with Crippen LogP contribution in [0.15, 0.2) is 30.3 Å². The Morgan fingerprint density at radius 3 is 2.38 bits per heavy atom. The number of hydrogen-bond acceptors (Lipinski definition) is 4. The van der Waals surface area contributed by atoms with Gasteiger partial charge < -0.3 is 19.9 Å². The van der Waals surface area contributed by atoms with Gasteiger partial charge in [0, 0.05) is 26.2 Å². The summed E-state index contributed by atoms with van der Waals surface area (Å²) < 4.78 is 43.0. The molecule has 0 aliphatic carbocycles. The third kappa shape index (κ3) is 7.58. The molecule has 3 amide bonds. The monoisotopic (exact) mass is 455 g/mol. The summed E-state index contributed by atoms with van der Waals surface area (Å²) in [5, 5.41) is 2.46. The Kier molecular flexibility index (Phi) is 7.92. The van der Waals surface area contributed by atoms with E-state index >= 15 is 0 Å². The molecule has 2 rings (SSSR count). The van der Waals surface area contributed by atoms with Crippen LogP contribution >= 0.6 is 0 Å². The molecule has 32 heavy (non-hydrogen) atoms. The van der Waals surface area contributed by atoms with Crippen LogP contribution in [0.4, 0.5) is 18.0 Å². The fourth-order valence-electron chi connectivity index (χ4n) is 3.06. The van der Waals surface area contributed by atoms with Gasteiger partial charge in [0.25, 0.3) is 0 Å². The van der Waals surface area contributed by atoms with Crippen LogP contribution < -0.4 is 5.32 Å². The lowest BCUT2D eigenvalue weighted by molar-refractivity contribution is -0.137. The van der Waals surface area contributed by atoms with Crippen molar-refractivity contribution < 1.29 is 32.3 Å². The molecule has 1 N–H and O–H groups in total. The Morgan fingerprint density at radius 1 is 1.19 bits per heavy atom. The molecule has 0 radical (unpaired) electrons. The first kappa shape index (κ1) is 25.2. The second-order valence-electron chi connectivity index (χ2n) is 8.54. The lowest BCUT2D eigenvalue weighted by Gasteiger charge is -2.28. The number of carbonyl (C=O) groups excluding carboxylic acids is 3. The van der Waals surface area contributed by atoms with Crippen LogP contribution in [0.1, 0.15) is 38.3 Å². The Balaban J connectivity index is 1.79. The highest BCUT2D eigenvalue weighted by atomic mass is 19.4. The molecule has 1 atom stereocenters. The average Bonchev–Trinajstić information content (AvgIpc) is 3.18. The molecule has 1 aromatic rings. The molecule has 1 heterocycles. The van der Waals surface area contributed by atoms with E-state index in [-0.39, 0.29) is 18.5 Å². The van der Waals surface area contributed by atoms with Crippen molar-refractivity contribution in [3.8, 4) is 0 Å². The predicted octanol–water partition coefficient (Wildman–Crippen LogP) is 3.30. The zero-order chi connectivity index (χ0) is 24.1. The number of nitrogens with one attached hydrogen (secondary N) is 1. The van der Waals surface area contributed by atoms with Gasteiger partial charge in [-0.25, -0.2) is 4.79 Å². The maximum Gasteiger partial charge on any atom is 0.416 e. The molecule has 176 valence electrons. The number of likely N-dealkylation sites (N-methyl/N-ethyl adjacent to an activating group) is 1. The normalized spacial score (nSPS) is 16.8. The number of nitrogens with zero attached hydrogens (tertiary/aromatic N) is 2. The van der Waals surface area contributed by atoms with Crippen LogP contribution in [0.3, 0.4) is 0 Å². The minimum absolute atomic E-state index is 0.177. The summed E-state index contributed by atoms with van der Waals surface area (Å²) in [6, 6.07) is 4.19. The SMILES string of the molecule is CN(C(=O)OC(C)(C)C)[C@H]1CCN(C(=O)CNC(=O)/C=C/c2ccc(C(F)(F)F)cc2)C1. The van der Waals surface area contributed by atoms with Crippen molar-refractivity contribution >= 4 is 24.0 Å². The summed E-state index contributed by atoms with van der Waals surface area (Å²) in [6.07, 6.45) is -1.77. The Labute approximate surface area is 185 Å². The second-order valence-corrected chi connectivity index (χ2v) is 8.54. The molecular formula is C22H28F3N3O4. The minimum atomic E-state index is -4.42. The van der Waals surface area contributed by atoms with Gasteiger partial charge >= 0.3 is 12.3 Å². The first-order chi connectivity index (χ1) is 14.8. The van der Waals surface area contributed by atoms with Gasteiger partial charge in [-0.1, -0.05) is 12.1 Å². The van der Waals surface area contributed by atoms with Gasteiger partial charge in [0.2, 0.25) is 11.8 Å². The maximum atomic E-state index is 12.6. The van der Waals surface area contributed by atoms with Crippen LogP contribution in [-0.4, -0.2) is 66.0 Å². The molecule has 1 fully saturated rings. The van der Waals surface area contributed by atoms with Crippen molar-refractivity contribution in [3.05, 3.63) is 41.5 Å². The minimum Gasteiger partial charge on any atom is -0.444 e. The van der Waals surface area contributed by atoms with Crippen LogP contribution in [0.25, 0.3) is 6.08 Å². The van der Waals surface area contributed by atoms with Crippen molar-refractivity contribution in [1.29, 1.82) is 0 Å². The van der Waals surface area contributed by atoms with Crippen LogP contribution in [0.5, 0.6) is 0 Å². The van der Waals surface area contributed by atoms with E-state index in [4.69, 9.17) is 4.74 Å². The average molecular weight is 455 g/mol. The van der Waals surface area contributed by atoms with E-state index in [0.29, 0.717) is 25.1 Å². The highest BCUT2D eigenvalue weighted by molar-refractivity contribution is 5.94. The van der Waals surface area contributed by atoms with Crippen molar-refractivity contribution in [2.24, 2.45) is 0 Å². The van der Waals surface area contributed by atoms with Crippen LogP contribution in [-0.2, 0) is 20.5 Å². The Bertz CT molecular complexity index is 861. The fourth-order valence-corrected chi connectivity index (χ4v) is 3.06. The Hall–Kier alpha value is -3.04. The standard InChI is InChI=1S/C22H28F3N3O4/c1-21(2,3)32-20(31)27(4)17-11-12-28(14-17)19(30)13-26-18(29)10-7-15-5-8-16(9-6-15)22(23,24)25/h5-10,17H,11-14H2,1-4H3,(H,26,29)/b10-7+/t17-/m0/s1. The number of benzene rings is 1. The molecule has 7 nitrogen and oxygen atoms in total. The highest BCUT2D eigenvalue weighted by Gasteiger charge is 2.33. The summed E-state index contributed by atoms with van der Waals surface area (Å²) in [7, 11) is 1.63. The van der Waals surface area contributed by atoms with Crippen molar-refractivity contribution in [3.63, 3.8) is 0 Å². The zero-order valence-corrected chi connectivity index (χ0v) is 18.5. The van der Waals surface area contributed by atoms with Gasteiger partial charge in [-0.3, -0.25) is 9.59 Å². The van der Waals surface area contributed by atoms with Gasteiger partial charge in [0.15, 0.2) is 0 Å². The topological polar surface area (TPSA) is 79.0 Å². The number of rotatable bonds is 5. The van der Waals surface area contributed by atoms with Gasteiger partial charge in [-0.05, 0) is 51.0 Å². The molecule has 0 aromatic heterocycles. The van der Waals surface area contributed by atoms with Crippen molar-refractivity contribution in [2.45, 2.75) is 45.0 Å². The van der Waals surface area contributed by atoms with Crippen molar-refractivity contribution in [2.75, 3.05) is 26.7 Å². The lowest BCUT2D eigenvalue weighted by Crippen LogP contribution is -2.44. The molecule has 1 aliphatic rings. The zero-order valence-electron chi connectivity index (χ0n) is 18.5. The third-order valence-electron chi connectivity index (χ3n) is 4.82. The highest BCUT2D eigenvalue weighted by Crippen LogP contribution is 2.29. The van der Waals surface area contributed by atoms with Gasteiger partial charge in [0.05, 0.1) is 18.2 Å². The van der Waals surface area contributed by atoms with Gasteiger partial charge in [-0.15, -0.1) is 0 Å². The largest absolute Gasteiger partial charge is 0.444 e. The number of amides is 3. The first-order valence-electron chi connectivity index (χ1n) is 10.1. The molecule has 10 heteroatoms. The van der Waals surface area contributed by atoms with E-state index < -0.39 is 29.3 Å². The lowest BCUT2D eigenvalue weighted by atomic mass is 10.1. The summed E-state index contributed by atoms with van der Waals surface area (Å²) in [6.45, 7) is 5.90. The molecule has 0 unspecified atom stereocenters. The molecule has 0 saturated carbocycles. The second kappa shape index (κ2) is 10.1. The number of carbonyl (C=O) groups is 3. The molecule has 1 aliphatic heterocycles. The quantitative estimate of drug-likeness (QED) is 0.691. The van der Waals surface area contributed by atoms with E-state index in [9.17, 15) is 27.6 Å². The Morgan fingerprint density at radius 2 is 1.81 bits per heavy atom. The number of ether oxygens (including phenoxy) is 1. The van der Waals surface area contributed by atoms with Gasteiger partial charge in [-0.2, -0.15) is 13.2 Å². The van der Waals surface area contributed by atoms with E-state index in [1.165, 1.54) is 23.1 Å². The van der Waals surface area contributed by atoms with E-state index in [2.05, 4.69) is 5.32 Å². The third-order valence-corrected chi connectivity index (χ3v) is 4.82. The summed E-state index contributed by atoms with van der Waals surface area (Å²) in [4.78, 5) is 39.5. The molecule has 1 aromatic carbocycles. The number of alkyl halides is 3. The summed E-state index contributed by atoms with van der Waals surface area (Å²) >= 11 is 0. The molecular weight excluding hydrogens is 427 g/mol. The summed E-state index contributed by atoms with van der Waals surface area (Å²) in [5.41, 5.74) is -0.963. The van der Waals surface area contributed by atoms with Crippen LogP contribution in [0, 0.1) is 0 Å². The molecule has 0 spiro atoms. The van der Waals surface area contributed by atoms with Crippen LogP contribution in [0.2, 0.25) is 0 Å². The van der Waals surface area contributed by atoms with E-state index in [1.807, 2.05) is 0 Å². The predicted molar refractivity (Wildman–Crippen MR) is 112 cm³/mol. The number of halogens is 3. The summed E-state index contributed by atoms with van der Waals surface area (Å²) in [5.74, 6) is -0.832. The molecule has 0 bridgehead atoms. The van der Waals surface area contributed by atoms with E-state index in [0.717, 1.165) is 18.2 Å². The van der Waals surface area contributed by atoms with Gasteiger partial charge in [0.1, 0.15) is 5.60 Å². The number of likely N-dealkylation sites (tertiary alicyclic amines) is 1. The smallest absolute Gasteiger partial charge is 0.416 e. The number of hydrogen-bond donors (Lipinski definition) is 1. The first-order valence-corrected chi connectivity index (χ1v) is 10.1. The fraction of sp³-hybridized carbons (Fsp3) is 0.500. The van der Waals surface area contributed by atoms with Crippen molar-refractivity contribution in [1.82, 2.24) is 15.1 Å².